The van der Waals surface area contributed by atoms with Crippen LogP contribution in [0.25, 0.3) is 53.6 Å². The molecule has 0 aliphatic heterocycles. The maximum atomic E-state index is 2.52. The van der Waals surface area contributed by atoms with E-state index in [1.54, 1.807) is 0 Å². The second-order valence-corrected chi connectivity index (χ2v) is 14.7. The van der Waals surface area contributed by atoms with Gasteiger partial charge in [-0.2, -0.15) is 0 Å². The lowest BCUT2D eigenvalue weighted by atomic mass is 9.70. The molecule has 1 aromatic heterocycles. The van der Waals surface area contributed by atoms with Gasteiger partial charge in [0.2, 0.25) is 0 Å². The maximum absolute atomic E-state index is 2.52. The number of hydrogen-bond acceptors (Lipinski definition) is 2. The molecule has 0 unspecified atom stereocenters. The Hall–Kier alpha value is -6.22. The minimum absolute atomic E-state index is 0.416. The van der Waals surface area contributed by atoms with Crippen LogP contribution in [0.5, 0.6) is 0 Å². The third-order valence-electron chi connectivity index (χ3n) is 11.1. The summed E-state index contributed by atoms with van der Waals surface area (Å²) in [5.74, 6) is 0. The molecular formula is C49H31NS. The second-order valence-electron chi connectivity index (χ2n) is 13.6. The fraction of sp³-hybridized carbons (Fsp3) is 0.0204. The highest BCUT2D eigenvalue weighted by Crippen LogP contribution is 2.63. The average Bonchev–Trinajstić information content (AvgIpc) is 3.83. The van der Waals surface area contributed by atoms with Gasteiger partial charge in [-0.3, -0.25) is 0 Å². The molecule has 1 heterocycles. The Morgan fingerprint density at radius 3 is 1.61 bits per heavy atom. The third-order valence-corrected chi connectivity index (χ3v) is 12.2. The van der Waals surface area contributed by atoms with Crippen LogP contribution in [0, 0.1) is 0 Å². The van der Waals surface area contributed by atoms with Crippen LogP contribution in [-0.4, -0.2) is 0 Å². The van der Waals surface area contributed by atoms with Crippen LogP contribution in [0.3, 0.4) is 0 Å². The summed E-state index contributed by atoms with van der Waals surface area (Å²) >= 11 is 1.87. The lowest BCUT2D eigenvalue weighted by Gasteiger charge is -2.33. The first-order valence-electron chi connectivity index (χ1n) is 17.6. The van der Waals surface area contributed by atoms with Gasteiger partial charge in [-0.1, -0.05) is 152 Å². The lowest BCUT2D eigenvalue weighted by Crippen LogP contribution is -2.26. The van der Waals surface area contributed by atoms with Gasteiger partial charge in [-0.25, -0.2) is 0 Å². The van der Waals surface area contributed by atoms with E-state index in [-0.39, 0.29) is 0 Å². The van der Waals surface area contributed by atoms with E-state index in [0.717, 1.165) is 11.4 Å². The number of benzene rings is 8. The van der Waals surface area contributed by atoms with Crippen molar-refractivity contribution in [2.75, 3.05) is 4.90 Å². The molecule has 2 aliphatic carbocycles. The fourth-order valence-electron chi connectivity index (χ4n) is 9.10. The molecule has 8 aromatic carbocycles. The van der Waals surface area contributed by atoms with Gasteiger partial charge in [0.1, 0.15) is 0 Å². The van der Waals surface area contributed by atoms with Crippen LogP contribution >= 0.6 is 11.3 Å². The zero-order valence-corrected chi connectivity index (χ0v) is 28.6. The van der Waals surface area contributed by atoms with Gasteiger partial charge in [0.15, 0.2) is 0 Å². The number of anilines is 3. The molecule has 2 aliphatic rings. The van der Waals surface area contributed by atoms with Crippen molar-refractivity contribution in [1.29, 1.82) is 0 Å². The van der Waals surface area contributed by atoms with Gasteiger partial charge in [0.05, 0.1) is 16.8 Å². The van der Waals surface area contributed by atoms with E-state index in [1.165, 1.54) is 81.5 Å². The van der Waals surface area contributed by atoms with Crippen molar-refractivity contribution < 1.29 is 0 Å². The molecule has 0 saturated heterocycles. The molecule has 0 radical (unpaired) electrons. The number of nitrogens with zero attached hydrogens (tertiary/aromatic N) is 1. The van der Waals surface area contributed by atoms with Crippen LogP contribution in [0.1, 0.15) is 22.3 Å². The van der Waals surface area contributed by atoms with Crippen LogP contribution < -0.4 is 4.90 Å². The van der Waals surface area contributed by atoms with Crippen LogP contribution in [0.2, 0.25) is 0 Å². The van der Waals surface area contributed by atoms with Gasteiger partial charge in [0, 0.05) is 31.4 Å². The van der Waals surface area contributed by atoms with E-state index in [1.807, 2.05) is 11.3 Å². The van der Waals surface area contributed by atoms with Gasteiger partial charge >= 0.3 is 0 Å². The van der Waals surface area contributed by atoms with E-state index < -0.39 is 5.41 Å². The Bertz CT molecular complexity index is 2760. The summed E-state index contributed by atoms with van der Waals surface area (Å²) in [6.45, 7) is 0. The zero-order chi connectivity index (χ0) is 33.5. The van der Waals surface area contributed by atoms with Gasteiger partial charge in [0.25, 0.3) is 0 Å². The highest BCUT2D eigenvalue weighted by Gasteiger charge is 2.51. The SMILES string of the molecule is c1ccc(-c2ccccc2N(c2ccc3c(c2)C2(c4ccccc4-c4ccccc42)c2ccccc2-3)c2cccc3sc4ccccc4c23)cc1. The van der Waals surface area contributed by atoms with Crippen LogP contribution in [0.4, 0.5) is 17.1 Å². The quantitative estimate of drug-likeness (QED) is 0.181. The van der Waals surface area contributed by atoms with Crippen molar-refractivity contribution >= 4 is 48.6 Å². The molecule has 238 valence electrons. The molecule has 1 nitrogen and oxygen atoms in total. The molecular weight excluding hydrogens is 635 g/mol. The first kappa shape index (κ1) is 28.6. The lowest BCUT2D eigenvalue weighted by molar-refractivity contribution is 0.793. The molecule has 11 rings (SSSR count). The summed E-state index contributed by atoms with van der Waals surface area (Å²) in [5, 5.41) is 2.58. The Kier molecular flexibility index (Phi) is 6.11. The van der Waals surface area contributed by atoms with Crippen molar-refractivity contribution in [2.24, 2.45) is 0 Å². The summed E-state index contributed by atoms with van der Waals surface area (Å²) in [6.07, 6.45) is 0. The normalized spacial score (nSPS) is 13.3. The molecule has 51 heavy (non-hydrogen) atoms. The Morgan fingerprint density at radius 1 is 0.373 bits per heavy atom. The van der Waals surface area contributed by atoms with E-state index in [9.17, 15) is 0 Å². The Labute approximate surface area is 301 Å². The average molecular weight is 666 g/mol. The van der Waals surface area contributed by atoms with Crippen LogP contribution in [0.15, 0.2) is 188 Å². The fourth-order valence-corrected chi connectivity index (χ4v) is 10.2. The third kappa shape index (κ3) is 3.91. The molecule has 0 atom stereocenters. The number of rotatable bonds is 4. The first-order valence-corrected chi connectivity index (χ1v) is 18.4. The van der Waals surface area contributed by atoms with Crippen molar-refractivity contribution in [2.45, 2.75) is 5.41 Å². The monoisotopic (exact) mass is 665 g/mol. The summed E-state index contributed by atoms with van der Waals surface area (Å²) in [4.78, 5) is 2.52. The van der Waals surface area contributed by atoms with E-state index in [2.05, 4.69) is 193 Å². The summed E-state index contributed by atoms with van der Waals surface area (Å²) in [6, 6.07) is 69.7. The zero-order valence-electron chi connectivity index (χ0n) is 27.8. The Morgan fingerprint density at radius 2 is 0.902 bits per heavy atom. The molecule has 0 fully saturated rings. The first-order chi connectivity index (χ1) is 25.3. The number of thiophene rings is 1. The minimum atomic E-state index is -0.416. The largest absolute Gasteiger partial charge is 0.309 e. The van der Waals surface area contributed by atoms with Crippen LogP contribution in [-0.2, 0) is 5.41 Å². The van der Waals surface area contributed by atoms with Gasteiger partial charge < -0.3 is 4.90 Å². The molecule has 2 heteroatoms. The standard InChI is InChI=1S/C49H31NS/c1-2-15-32(16-3-1)34-17-7-12-25-44(34)50(45-26-14-28-47-48(45)39-21-8-13-27-46(39)51-47)33-29-30-38-37-20-6-11-24-42(37)49(43(38)31-33)40-22-9-4-18-35(40)36-19-5-10-23-41(36)49/h1-31H. The van der Waals surface area contributed by atoms with E-state index in [4.69, 9.17) is 0 Å². The number of para-hydroxylation sites is 1. The van der Waals surface area contributed by atoms with Crippen molar-refractivity contribution in [3.63, 3.8) is 0 Å². The topological polar surface area (TPSA) is 3.24 Å². The number of hydrogen-bond donors (Lipinski definition) is 0. The van der Waals surface area contributed by atoms with E-state index in [0.29, 0.717) is 0 Å². The predicted octanol–water partition coefficient (Wildman–Crippen LogP) is 13.5. The Balaban J connectivity index is 1.25. The molecule has 0 bridgehead atoms. The summed E-state index contributed by atoms with van der Waals surface area (Å²) < 4.78 is 2.60. The summed E-state index contributed by atoms with van der Waals surface area (Å²) in [5.41, 5.74) is 16.1. The van der Waals surface area contributed by atoms with Gasteiger partial charge in [-0.05, 0) is 86.5 Å². The minimum Gasteiger partial charge on any atom is -0.309 e. The summed E-state index contributed by atoms with van der Waals surface area (Å²) in [7, 11) is 0. The highest BCUT2D eigenvalue weighted by atomic mass is 32.1. The number of fused-ring (bicyclic) bond motifs is 13. The van der Waals surface area contributed by atoms with Crippen molar-refractivity contribution in [3.8, 4) is 33.4 Å². The second kappa shape index (κ2) is 10.9. The maximum Gasteiger partial charge on any atom is 0.0726 e. The predicted molar refractivity (Wildman–Crippen MR) is 216 cm³/mol. The highest BCUT2D eigenvalue weighted by molar-refractivity contribution is 7.26. The molecule has 1 spiro atoms. The molecule has 0 saturated carbocycles. The van der Waals surface area contributed by atoms with Crippen molar-refractivity contribution in [3.05, 3.63) is 210 Å². The van der Waals surface area contributed by atoms with Crippen molar-refractivity contribution in [1.82, 2.24) is 0 Å². The van der Waals surface area contributed by atoms with Gasteiger partial charge in [-0.15, -0.1) is 11.3 Å². The van der Waals surface area contributed by atoms with E-state index >= 15 is 0 Å². The smallest absolute Gasteiger partial charge is 0.0726 e. The molecule has 9 aromatic rings. The molecule has 0 N–H and O–H groups in total. The molecule has 0 amide bonds.